The maximum absolute atomic E-state index is 4.41. The first-order valence-electron chi connectivity index (χ1n) is 6.59. The fourth-order valence-electron chi connectivity index (χ4n) is 2.31. The molecule has 1 aromatic carbocycles. The first kappa shape index (κ1) is 12.0. The Balaban J connectivity index is 2.16. The molecule has 0 aliphatic heterocycles. The number of hydrogen-bond acceptors (Lipinski definition) is 1. The second-order valence-electron chi connectivity index (χ2n) is 5.90. The van der Waals surface area contributed by atoms with Crippen molar-refractivity contribution in [2.75, 3.05) is 0 Å². The highest BCUT2D eigenvalue weighted by atomic mass is 15.0. The summed E-state index contributed by atoms with van der Waals surface area (Å²) in [5, 5.41) is 1.26. The molecule has 0 atom stereocenters. The van der Waals surface area contributed by atoms with Crippen LogP contribution in [0.15, 0.2) is 54.9 Å². The summed E-state index contributed by atoms with van der Waals surface area (Å²) in [4.78, 5) is 4.41. The molecular weight excluding hydrogens is 232 g/mol. The zero-order valence-corrected chi connectivity index (χ0v) is 11.6. The van der Waals surface area contributed by atoms with Gasteiger partial charge in [-0.05, 0) is 41.3 Å². The summed E-state index contributed by atoms with van der Waals surface area (Å²) >= 11 is 0. The van der Waals surface area contributed by atoms with Gasteiger partial charge < -0.3 is 4.57 Å². The molecule has 0 saturated heterocycles. The van der Waals surface area contributed by atoms with Crippen molar-refractivity contribution in [3.8, 4) is 5.82 Å². The van der Waals surface area contributed by atoms with Crippen LogP contribution in [0, 0.1) is 0 Å². The van der Waals surface area contributed by atoms with Crippen molar-refractivity contribution in [3.63, 3.8) is 0 Å². The van der Waals surface area contributed by atoms with Crippen LogP contribution in [0.2, 0.25) is 0 Å². The van der Waals surface area contributed by atoms with Gasteiger partial charge in [0.05, 0.1) is 5.52 Å². The summed E-state index contributed by atoms with van der Waals surface area (Å²) in [5.74, 6) is 0.959. The molecule has 2 heteroatoms. The summed E-state index contributed by atoms with van der Waals surface area (Å²) in [5.41, 5.74) is 2.74. The van der Waals surface area contributed by atoms with Crippen LogP contribution in [-0.4, -0.2) is 9.55 Å². The number of nitrogens with zero attached hydrogens (tertiary/aromatic N) is 2. The Bertz CT molecular complexity index is 703. The van der Waals surface area contributed by atoms with Gasteiger partial charge in [0, 0.05) is 17.8 Å². The number of fused-ring (bicyclic) bond motifs is 1. The lowest BCUT2D eigenvalue weighted by Gasteiger charge is -2.19. The normalized spacial score (nSPS) is 11.9. The molecule has 3 rings (SSSR count). The third kappa shape index (κ3) is 2.14. The highest BCUT2D eigenvalue weighted by Crippen LogP contribution is 2.27. The van der Waals surface area contributed by atoms with Crippen molar-refractivity contribution < 1.29 is 0 Å². The van der Waals surface area contributed by atoms with Crippen molar-refractivity contribution >= 4 is 10.9 Å². The molecule has 0 saturated carbocycles. The predicted molar refractivity (Wildman–Crippen MR) is 79.8 cm³/mol. The van der Waals surface area contributed by atoms with Crippen LogP contribution in [0.4, 0.5) is 0 Å². The van der Waals surface area contributed by atoms with Crippen molar-refractivity contribution in [1.29, 1.82) is 0 Å². The van der Waals surface area contributed by atoms with Crippen LogP contribution in [0.1, 0.15) is 26.3 Å². The van der Waals surface area contributed by atoms with E-state index in [2.05, 4.69) is 60.8 Å². The first-order chi connectivity index (χ1) is 9.05. The molecule has 0 radical (unpaired) electrons. The van der Waals surface area contributed by atoms with Gasteiger partial charge in [-0.2, -0.15) is 0 Å². The molecule has 2 aromatic heterocycles. The summed E-state index contributed by atoms with van der Waals surface area (Å²) in [6.07, 6.45) is 3.91. The topological polar surface area (TPSA) is 17.8 Å². The van der Waals surface area contributed by atoms with Gasteiger partial charge in [-0.25, -0.2) is 4.98 Å². The van der Waals surface area contributed by atoms with Crippen molar-refractivity contribution in [1.82, 2.24) is 9.55 Å². The molecule has 0 fully saturated rings. The summed E-state index contributed by atoms with van der Waals surface area (Å²) in [7, 11) is 0. The van der Waals surface area contributed by atoms with Gasteiger partial charge in [0.1, 0.15) is 5.82 Å². The molecule has 2 heterocycles. The van der Waals surface area contributed by atoms with E-state index in [1.807, 2.05) is 24.4 Å². The standard InChI is InChI=1S/C17H18N2/c1-17(2,3)14-7-8-15-13(12-14)9-11-19(15)16-6-4-5-10-18-16/h4-12H,1-3H3. The van der Waals surface area contributed by atoms with E-state index in [0.29, 0.717) is 0 Å². The average molecular weight is 250 g/mol. The quantitative estimate of drug-likeness (QED) is 0.629. The van der Waals surface area contributed by atoms with Gasteiger partial charge in [0.25, 0.3) is 0 Å². The van der Waals surface area contributed by atoms with Crippen LogP contribution in [0.3, 0.4) is 0 Å². The summed E-state index contributed by atoms with van der Waals surface area (Å²) < 4.78 is 2.13. The zero-order chi connectivity index (χ0) is 13.5. The Morgan fingerprint density at radius 2 is 1.84 bits per heavy atom. The Morgan fingerprint density at radius 1 is 1.00 bits per heavy atom. The monoisotopic (exact) mass is 250 g/mol. The maximum Gasteiger partial charge on any atom is 0.137 e. The molecule has 0 unspecified atom stereocenters. The number of hydrogen-bond donors (Lipinski definition) is 0. The Labute approximate surface area is 113 Å². The van der Waals surface area contributed by atoms with E-state index < -0.39 is 0 Å². The molecule has 0 spiro atoms. The van der Waals surface area contributed by atoms with Crippen LogP contribution in [0.25, 0.3) is 16.7 Å². The molecule has 0 amide bonds. The molecule has 0 bridgehead atoms. The van der Waals surface area contributed by atoms with Gasteiger partial charge >= 0.3 is 0 Å². The smallest absolute Gasteiger partial charge is 0.137 e. The highest BCUT2D eigenvalue weighted by molar-refractivity contribution is 5.82. The minimum atomic E-state index is 0.182. The van der Waals surface area contributed by atoms with Crippen LogP contribution >= 0.6 is 0 Å². The molecule has 2 nitrogen and oxygen atoms in total. The van der Waals surface area contributed by atoms with Crippen molar-refractivity contribution in [2.45, 2.75) is 26.2 Å². The van der Waals surface area contributed by atoms with E-state index in [4.69, 9.17) is 0 Å². The van der Waals surface area contributed by atoms with E-state index in [-0.39, 0.29) is 5.41 Å². The fraction of sp³-hybridized carbons (Fsp3) is 0.235. The largest absolute Gasteiger partial charge is 0.301 e. The molecule has 0 aliphatic carbocycles. The third-order valence-corrected chi connectivity index (χ3v) is 3.45. The van der Waals surface area contributed by atoms with Crippen LogP contribution in [-0.2, 0) is 5.41 Å². The second kappa shape index (κ2) is 4.23. The Kier molecular flexibility index (Phi) is 2.67. The van der Waals surface area contributed by atoms with Crippen molar-refractivity contribution in [3.05, 3.63) is 60.4 Å². The number of aromatic nitrogens is 2. The minimum absolute atomic E-state index is 0.182. The van der Waals surface area contributed by atoms with Gasteiger partial charge in [-0.3, -0.25) is 0 Å². The zero-order valence-electron chi connectivity index (χ0n) is 11.6. The Hall–Kier alpha value is -2.09. The van der Waals surface area contributed by atoms with E-state index >= 15 is 0 Å². The van der Waals surface area contributed by atoms with E-state index in [1.165, 1.54) is 16.5 Å². The average Bonchev–Trinajstić information content (AvgIpc) is 2.81. The van der Waals surface area contributed by atoms with E-state index in [1.54, 1.807) is 0 Å². The van der Waals surface area contributed by atoms with Gasteiger partial charge in [0.15, 0.2) is 0 Å². The Morgan fingerprint density at radius 3 is 2.53 bits per heavy atom. The van der Waals surface area contributed by atoms with E-state index in [0.717, 1.165) is 5.82 Å². The molecule has 3 aromatic rings. The fourth-order valence-corrected chi connectivity index (χ4v) is 2.31. The second-order valence-corrected chi connectivity index (χ2v) is 5.90. The molecule has 0 aliphatic rings. The highest BCUT2D eigenvalue weighted by Gasteiger charge is 2.14. The van der Waals surface area contributed by atoms with Gasteiger partial charge in [-0.1, -0.05) is 32.9 Å². The maximum atomic E-state index is 4.41. The predicted octanol–water partition coefficient (Wildman–Crippen LogP) is 4.32. The molecule has 19 heavy (non-hydrogen) atoms. The number of pyridine rings is 1. The number of benzene rings is 1. The lowest BCUT2D eigenvalue weighted by atomic mass is 9.86. The van der Waals surface area contributed by atoms with E-state index in [9.17, 15) is 0 Å². The molecule has 96 valence electrons. The first-order valence-corrected chi connectivity index (χ1v) is 6.59. The summed E-state index contributed by atoms with van der Waals surface area (Å²) in [6.45, 7) is 6.72. The van der Waals surface area contributed by atoms with Crippen molar-refractivity contribution in [2.24, 2.45) is 0 Å². The number of rotatable bonds is 1. The lowest BCUT2D eigenvalue weighted by molar-refractivity contribution is 0.591. The molecule has 0 N–H and O–H groups in total. The van der Waals surface area contributed by atoms with Crippen LogP contribution < -0.4 is 0 Å². The van der Waals surface area contributed by atoms with Gasteiger partial charge in [-0.15, -0.1) is 0 Å². The van der Waals surface area contributed by atoms with Gasteiger partial charge in [0.2, 0.25) is 0 Å². The lowest BCUT2D eigenvalue weighted by Crippen LogP contribution is -2.10. The minimum Gasteiger partial charge on any atom is -0.301 e. The third-order valence-electron chi connectivity index (χ3n) is 3.45. The molecular formula is C17H18N2. The summed E-state index contributed by atoms with van der Waals surface area (Å²) in [6, 6.07) is 14.8. The SMILES string of the molecule is CC(C)(C)c1ccc2c(ccn2-c2ccccn2)c1. The van der Waals surface area contributed by atoms with Crippen LogP contribution in [0.5, 0.6) is 0 Å².